The van der Waals surface area contributed by atoms with Crippen LogP contribution >= 0.6 is 0 Å². The van der Waals surface area contributed by atoms with Crippen LogP contribution in [0.2, 0.25) is 0 Å². The second kappa shape index (κ2) is 7.96. The Morgan fingerprint density at radius 1 is 1.07 bits per heavy atom. The third kappa shape index (κ3) is 11.7. The fraction of sp³-hybridized carbons (Fsp3) is 0.867. The molecule has 15 heavy (non-hydrogen) atoms. The normalized spacial score (nSPS) is 14.7. The summed E-state index contributed by atoms with van der Waals surface area (Å²) in [5.41, 5.74) is 0.516. The molecule has 0 aromatic carbocycles. The molecular formula is C15H30. The molecular weight excluding hydrogens is 180 g/mol. The van der Waals surface area contributed by atoms with Crippen molar-refractivity contribution in [3.05, 3.63) is 12.2 Å². The molecule has 0 saturated carbocycles. The number of hydrogen-bond donors (Lipinski definition) is 0. The van der Waals surface area contributed by atoms with E-state index in [1.54, 1.807) is 0 Å². The molecule has 0 heteroatoms. The van der Waals surface area contributed by atoms with Gasteiger partial charge in [0.05, 0.1) is 0 Å². The first-order valence-electron chi connectivity index (χ1n) is 6.60. The van der Waals surface area contributed by atoms with Crippen molar-refractivity contribution in [1.29, 1.82) is 0 Å². The third-order valence-corrected chi connectivity index (χ3v) is 2.85. The fourth-order valence-electron chi connectivity index (χ4n) is 1.79. The van der Waals surface area contributed by atoms with Crippen LogP contribution in [-0.4, -0.2) is 0 Å². The largest absolute Gasteiger partial charge is 0.0888 e. The summed E-state index contributed by atoms with van der Waals surface area (Å²) in [5.74, 6) is 0.897. The monoisotopic (exact) mass is 210 g/mol. The minimum Gasteiger partial charge on any atom is -0.0888 e. The Balaban J connectivity index is 3.41. The summed E-state index contributed by atoms with van der Waals surface area (Å²) >= 11 is 0. The summed E-state index contributed by atoms with van der Waals surface area (Å²) in [4.78, 5) is 0. The summed E-state index contributed by atoms with van der Waals surface area (Å²) in [6, 6.07) is 0. The van der Waals surface area contributed by atoms with Crippen LogP contribution in [0, 0.1) is 11.3 Å². The molecule has 90 valence electrons. The van der Waals surface area contributed by atoms with E-state index in [0.717, 1.165) is 5.92 Å². The van der Waals surface area contributed by atoms with Gasteiger partial charge in [0.25, 0.3) is 0 Å². The van der Waals surface area contributed by atoms with Gasteiger partial charge in [-0.2, -0.15) is 0 Å². The summed E-state index contributed by atoms with van der Waals surface area (Å²) in [6.45, 7) is 11.6. The maximum Gasteiger partial charge on any atom is -0.0348 e. The molecule has 0 aromatic heterocycles. The second-order valence-corrected chi connectivity index (χ2v) is 6.02. The van der Waals surface area contributed by atoms with Crippen LogP contribution in [0.3, 0.4) is 0 Å². The molecule has 0 fully saturated rings. The predicted molar refractivity (Wildman–Crippen MR) is 71.1 cm³/mol. The van der Waals surface area contributed by atoms with E-state index in [1.165, 1.54) is 38.5 Å². The molecule has 0 aliphatic heterocycles. The van der Waals surface area contributed by atoms with Crippen LogP contribution in [0.1, 0.15) is 73.1 Å². The summed E-state index contributed by atoms with van der Waals surface area (Å²) in [6.07, 6.45) is 12.6. The van der Waals surface area contributed by atoms with E-state index in [-0.39, 0.29) is 0 Å². The van der Waals surface area contributed by atoms with Crippen LogP contribution < -0.4 is 0 Å². The van der Waals surface area contributed by atoms with Gasteiger partial charge in [0.2, 0.25) is 0 Å². The maximum atomic E-state index is 2.39. The first kappa shape index (κ1) is 14.7. The molecule has 0 spiro atoms. The van der Waals surface area contributed by atoms with Crippen molar-refractivity contribution in [3.63, 3.8) is 0 Å². The Kier molecular flexibility index (Phi) is 7.82. The van der Waals surface area contributed by atoms with E-state index in [1.807, 2.05) is 0 Å². The smallest absolute Gasteiger partial charge is 0.0348 e. The number of rotatable bonds is 7. The summed E-state index contributed by atoms with van der Waals surface area (Å²) in [5, 5.41) is 0. The van der Waals surface area contributed by atoms with Crippen molar-refractivity contribution in [3.8, 4) is 0 Å². The van der Waals surface area contributed by atoms with Gasteiger partial charge in [0.1, 0.15) is 0 Å². The highest BCUT2D eigenvalue weighted by atomic mass is 14.2. The fourth-order valence-corrected chi connectivity index (χ4v) is 1.79. The zero-order valence-corrected chi connectivity index (χ0v) is 11.5. The number of hydrogen-bond acceptors (Lipinski definition) is 0. The molecule has 0 saturated heterocycles. The van der Waals surface area contributed by atoms with Crippen LogP contribution in [-0.2, 0) is 0 Å². The van der Waals surface area contributed by atoms with Gasteiger partial charge >= 0.3 is 0 Å². The summed E-state index contributed by atoms with van der Waals surface area (Å²) < 4.78 is 0. The van der Waals surface area contributed by atoms with Crippen molar-refractivity contribution in [1.82, 2.24) is 0 Å². The van der Waals surface area contributed by atoms with E-state index in [0.29, 0.717) is 5.41 Å². The van der Waals surface area contributed by atoms with E-state index < -0.39 is 0 Å². The predicted octanol–water partition coefficient (Wildman–Crippen LogP) is 5.59. The van der Waals surface area contributed by atoms with Crippen LogP contribution in [0.4, 0.5) is 0 Å². The molecule has 0 N–H and O–H groups in total. The van der Waals surface area contributed by atoms with Gasteiger partial charge in [-0.25, -0.2) is 0 Å². The lowest BCUT2D eigenvalue weighted by Gasteiger charge is -2.19. The van der Waals surface area contributed by atoms with Gasteiger partial charge in [-0.3, -0.25) is 0 Å². The van der Waals surface area contributed by atoms with Gasteiger partial charge in [0.15, 0.2) is 0 Å². The molecule has 0 rings (SSSR count). The lowest BCUT2D eigenvalue weighted by Crippen LogP contribution is -2.05. The molecule has 0 bridgehead atoms. The van der Waals surface area contributed by atoms with Crippen LogP contribution in [0.5, 0.6) is 0 Å². The number of allylic oxidation sites excluding steroid dienone is 2. The Morgan fingerprint density at radius 2 is 1.73 bits per heavy atom. The average Bonchev–Trinajstić information content (AvgIpc) is 2.10. The molecule has 0 aromatic rings. The Morgan fingerprint density at radius 3 is 2.27 bits per heavy atom. The molecule has 0 nitrogen and oxygen atoms in total. The quantitative estimate of drug-likeness (QED) is 0.481. The van der Waals surface area contributed by atoms with E-state index >= 15 is 0 Å². The molecule has 0 aliphatic rings. The topological polar surface area (TPSA) is 0 Å². The molecule has 0 amide bonds. The minimum absolute atomic E-state index is 0.516. The summed E-state index contributed by atoms with van der Waals surface area (Å²) in [7, 11) is 0. The standard InChI is InChI=1S/C15H30/c1-6-7-8-9-11-14(2)12-10-13-15(3,4)5/h7-8,14H,6,9-13H2,1-5H3/b8-7+/t14-/m1/s1. The highest BCUT2D eigenvalue weighted by Gasteiger charge is 2.10. The highest BCUT2D eigenvalue weighted by molar-refractivity contribution is 4.80. The molecule has 0 radical (unpaired) electrons. The van der Waals surface area contributed by atoms with Gasteiger partial charge in [-0.1, -0.05) is 59.6 Å². The van der Waals surface area contributed by atoms with Crippen molar-refractivity contribution >= 4 is 0 Å². The second-order valence-electron chi connectivity index (χ2n) is 6.02. The van der Waals surface area contributed by atoms with Crippen LogP contribution in [0.15, 0.2) is 12.2 Å². The Hall–Kier alpha value is -0.260. The SMILES string of the molecule is CC/C=C/CC[C@@H](C)CCCC(C)(C)C. The van der Waals surface area contributed by atoms with E-state index in [4.69, 9.17) is 0 Å². The van der Waals surface area contributed by atoms with Gasteiger partial charge in [-0.05, 0) is 37.0 Å². The van der Waals surface area contributed by atoms with Crippen molar-refractivity contribution in [2.45, 2.75) is 73.1 Å². The first-order valence-corrected chi connectivity index (χ1v) is 6.60. The minimum atomic E-state index is 0.516. The van der Waals surface area contributed by atoms with Gasteiger partial charge in [-0.15, -0.1) is 0 Å². The lowest BCUT2D eigenvalue weighted by atomic mass is 9.87. The van der Waals surface area contributed by atoms with Crippen molar-refractivity contribution in [2.75, 3.05) is 0 Å². The van der Waals surface area contributed by atoms with Crippen molar-refractivity contribution in [2.24, 2.45) is 11.3 Å². The Labute approximate surface area is 97.2 Å². The molecule has 0 heterocycles. The molecule has 1 atom stereocenters. The van der Waals surface area contributed by atoms with E-state index in [2.05, 4.69) is 46.8 Å². The zero-order chi connectivity index (χ0) is 11.7. The average molecular weight is 210 g/mol. The van der Waals surface area contributed by atoms with Gasteiger partial charge in [0, 0.05) is 0 Å². The third-order valence-electron chi connectivity index (χ3n) is 2.85. The zero-order valence-electron chi connectivity index (χ0n) is 11.5. The highest BCUT2D eigenvalue weighted by Crippen LogP contribution is 2.24. The van der Waals surface area contributed by atoms with Crippen LogP contribution in [0.25, 0.3) is 0 Å². The molecule has 0 aliphatic carbocycles. The van der Waals surface area contributed by atoms with Gasteiger partial charge < -0.3 is 0 Å². The first-order chi connectivity index (χ1) is 6.95. The Bertz CT molecular complexity index is 159. The maximum absolute atomic E-state index is 2.39. The molecule has 0 unspecified atom stereocenters. The lowest BCUT2D eigenvalue weighted by molar-refractivity contribution is 0.339. The van der Waals surface area contributed by atoms with E-state index in [9.17, 15) is 0 Å². The van der Waals surface area contributed by atoms with Crippen molar-refractivity contribution < 1.29 is 0 Å².